The van der Waals surface area contributed by atoms with Crippen molar-refractivity contribution in [2.75, 3.05) is 0 Å². The van der Waals surface area contributed by atoms with Crippen LogP contribution in [0, 0.1) is 0 Å². The molecule has 5 heteroatoms. The first-order chi connectivity index (χ1) is 10.1. The van der Waals surface area contributed by atoms with Gasteiger partial charge in [-0.25, -0.2) is 0 Å². The largest absolute Gasteiger partial charge is 0.456 e. The lowest BCUT2D eigenvalue weighted by atomic mass is 10.2. The lowest BCUT2D eigenvalue weighted by Crippen LogP contribution is -2.15. The van der Waals surface area contributed by atoms with Crippen molar-refractivity contribution in [2.45, 2.75) is 25.4 Å². The first-order valence-electron chi connectivity index (χ1n) is 6.76. The molecule has 0 bridgehead atoms. The molecule has 0 saturated heterocycles. The first kappa shape index (κ1) is 15.0. The number of ether oxygens (including phenoxy) is 1. The van der Waals surface area contributed by atoms with E-state index in [0.29, 0.717) is 26.9 Å². The van der Waals surface area contributed by atoms with Gasteiger partial charge in [-0.3, -0.25) is 0 Å². The van der Waals surface area contributed by atoms with E-state index in [4.69, 9.17) is 39.5 Å². The maximum absolute atomic E-state index is 6.12. The Hall–Kier alpha value is -0.930. The molecule has 1 fully saturated rings. The lowest BCUT2D eigenvalue weighted by molar-refractivity contribution is 0.482. The SMILES string of the molecule is Clc1cc(Cl)c(Oc2cccc(CNC3CC3)c2)cc1Cl. The fourth-order valence-electron chi connectivity index (χ4n) is 1.98. The van der Waals surface area contributed by atoms with E-state index in [1.54, 1.807) is 12.1 Å². The van der Waals surface area contributed by atoms with Crippen LogP contribution in [0.1, 0.15) is 18.4 Å². The highest BCUT2D eigenvalue weighted by Crippen LogP contribution is 2.36. The van der Waals surface area contributed by atoms with Gasteiger partial charge in [0.05, 0.1) is 15.1 Å². The summed E-state index contributed by atoms with van der Waals surface area (Å²) in [6.45, 7) is 0.844. The standard InChI is InChI=1S/C16H14Cl3NO/c17-13-7-15(19)16(8-14(13)18)21-12-3-1-2-10(6-12)9-20-11-4-5-11/h1-3,6-8,11,20H,4-5,9H2. The molecule has 0 aromatic heterocycles. The molecule has 0 unspecified atom stereocenters. The van der Waals surface area contributed by atoms with E-state index in [9.17, 15) is 0 Å². The summed E-state index contributed by atoms with van der Waals surface area (Å²) in [7, 11) is 0. The first-order valence-corrected chi connectivity index (χ1v) is 7.90. The van der Waals surface area contributed by atoms with E-state index in [0.717, 1.165) is 12.3 Å². The summed E-state index contributed by atoms with van der Waals surface area (Å²) in [5.41, 5.74) is 1.18. The van der Waals surface area contributed by atoms with Crippen molar-refractivity contribution in [1.82, 2.24) is 5.32 Å². The zero-order valence-corrected chi connectivity index (χ0v) is 13.5. The molecule has 1 aliphatic carbocycles. The Morgan fingerprint density at radius 3 is 2.52 bits per heavy atom. The molecule has 0 amide bonds. The fourth-order valence-corrected chi connectivity index (χ4v) is 2.55. The Morgan fingerprint density at radius 1 is 1.00 bits per heavy atom. The smallest absolute Gasteiger partial charge is 0.147 e. The molecule has 0 atom stereocenters. The molecule has 2 aromatic rings. The highest BCUT2D eigenvalue weighted by Gasteiger charge is 2.19. The van der Waals surface area contributed by atoms with E-state index >= 15 is 0 Å². The topological polar surface area (TPSA) is 21.3 Å². The molecule has 0 heterocycles. The van der Waals surface area contributed by atoms with E-state index in [1.807, 2.05) is 18.2 Å². The number of hydrogen-bond acceptors (Lipinski definition) is 2. The minimum absolute atomic E-state index is 0.413. The predicted octanol–water partition coefficient (Wildman–Crippen LogP) is 5.69. The monoisotopic (exact) mass is 341 g/mol. The second-order valence-corrected chi connectivity index (χ2v) is 6.32. The van der Waals surface area contributed by atoms with Gasteiger partial charge in [-0.2, -0.15) is 0 Å². The third-order valence-electron chi connectivity index (χ3n) is 3.27. The molecule has 110 valence electrons. The molecule has 2 nitrogen and oxygen atoms in total. The van der Waals surface area contributed by atoms with Crippen molar-refractivity contribution in [3.63, 3.8) is 0 Å². The van der Waals surface area contributed by atoms with Crippen LogP contribution in [-0.4, -0.2) is 6.04 Å². The van der Waals surface area contributed by atoms with Crippen LogP contribution >= 0.6 is 34.8 Å². The van der Waals surface area contributed by atoms with E-state index < -0.39 is 0 Å². The molecule has 21 heavy (non-hydrogen) atoms. The summed E-state index contributed by atoms with van der Waals surface area (Å²) in [5.74, 6) is 1.23. The van der Waals surface area contributed by atoms with E-state index in [-0.39, 0.29) is 0 Å². The number of benzene rings is 2. The second kappa shape index (κ2) is 6.45. The van der Waals surface area contributed by atoms with Crippen LogP contribution in [0.15, 0.2) is 36.4 Å². The Labute approximate surface area is 139 Å². The fraction of sp³-hybridized carbons (Fsp3) is 0.250. The van der Waals surface area contributed by atoms with Crippen LogP contribution in [0.4, 0.5) is 0 Å². The highest BCUT2D eigenvalue weighted by atomic mass is 35.5. The van der Waals surface area contributed by atoms with Gasteiger partial charge < -0.3 is 10.1 Å². The zero-order chi connectivity index (χ0) is 14.8. The number of nitrogens with one attached hydrogen (secondary N) is 1. The molecule has 0 spiro atoms. The van der Waals surface area contributed by atoms with Gasteiger partial charge in [0.25, 0.3) is 0 Å². The second-order valence-electron chi connectivity index (χ2n) is 5.10. The van der Waals surface area contributed by atoms with Crippen LogP contribution in [0.25, 0.3) is 0 Å². The maximum atomic E-state index is 6.12. The normalized spacial score (nSPS) is 14.2. The Kier molecular flexibility index (Phi) is 4.60. The van der Waals surface area contributed by atoms with E-state index in [1.165, 1.54) is 18.4 Å². The Bertz CT molecular complexity index is 656. The van der Waals surface area contributed by atoms with Gasteiger partial charge in [-0.15, -0.1) is 0 Å². The van der Waals surface area contributed by atoms with Gasteiger partial charge in [0.1, 0.15) is 11.5 Å². The molecular weight excluding hydrogens is 329 g/mol. The third kappa shape index (κ3) is 4.04. The maximum Gasteiger partial charge on any atom is 0.147 e. The van der Waals surface area contributed by atoms with Gasteiger partial charge in [0.2, 0.25) is 0 Å². The quantitative estimate of drug-likeness (QED) is 0.705. The van der Waals surface area contributed by atoms with Gasteiger partial charge in [0.15, 0.2) is 0 Å². The summed E-state index contributed by atoms with van der Waals surface area (Å²) in [4.78, 5) is 0. The zero-order valence-electron chi connectivity index (χ0n) is 11.2. The van der Waals surface area contributed by atoms with Crippen LogP contribution in [-0.2, 0) is 6.54 Å². The van der Waals surface area contributed by atoms with Gasteiger partial charge in [0, 0.05) is 18.7 Å². The van der Waals surface area contributed by atoms with Crippen molar-refractivity contribution in [2.24, 2.45) is 0 Å². The molecule has 0 aliphatic heterocycles. The summed E-state index contributed by atoms with van der Waals surface area (Å²) in [6, 6.07) is 11.8. The summed E-state index contributed by atoms with van der Waals surface area (Å²) in [6.07, 6.45) is 2.55. The van der Waals surface area contributed by atoms with E-state index in [2.05, 4.69) is 11.4 Å². The molecule has 0 radical (unpaired) electrons. The van der Waals surface area contributed by atoms with Gasteiger partial charge in [-0.05, 0) is 36.6 Å². The van der Waals surface area contributed by atoms with Crippen LogP contribution in [0.5, 0.6) is 11.5 Å². The van der Waals surface area contributed by atoms with Crippen molar-refractivity contribution < 1.29 is 4.74 Å². The summed E-state index contributed by atoms with van der Waals surface area (Å²) >= 11 is 18.0. The van der Waals surface area contributed by atoms with Crippen molar-refractivity contribution in [3.8, 4) is 11.5 Å². The van der Waals surface area contributed by atoms with Crippen LogP contribution in [0.3, 0.4) is 0 Å². The Balaban J connectivity index is 1.74. The summed E-state index contributed by atoms with van der Waals surface area (Å²) in [5, 5.41) is 4.74. The van der Waals surface area contributed by atoms with Gasteiger partial charge >= 0.3 is 0 Å². The predicted molar refractivity (Wildman–Crippen MR) is 87.8 cm³/mol. The molecular formula is C16H14Cl3NO. The third-order valence-corrected chi connectivity index (χ3v) is 4.29. The highest BCUT2D eigenvalue weighted by molar-refractivity contribution is 6.43. The average molecular weight is 343 g/mol. The molecule has 3 rings (SSSR count). The summed E-state index contributed by atoms with van der Waals surface area (Å²) < 4.78 is 5.81. The number of halogens is 3. The molecule has 1 saturated carbocycles. The van der Waals surface area contributed by atoms with Crippen molar-refractivity contribution in [3.05, 3.63) is 57.0 Å². The van der Waals surface area contributed by atoms with Crippen LogP contribution < -0.4 is 10.1 Å². The minimum atomic E-state index is 0.413. The van der Waals surface area contributed by atoms with Gasteiger partial charge in [-0.1, -0.05) is 46.9 Å². The lowest BCUT2D eigenvalue weighted by Gasteiger charge is -2.10. The molecule has 2 aromatic carbocycles. The van der Waals surface area contributed by atoms with Crippen molar-refractivity contribution in [1.29, 1.82) is 0 Å². The average Bonchev–Trinajstić information content (AvgIpc) is 3.27. The molecule has 1 aliphatic rings. The number of hydrogen-bond donors (Lipinski definition) is 1. The minimum Gasteiger partial charge on any atom is -0.456 e. The number of rotatable bonds is 5. The van der Waals surface area contributed by atoms with Crippen molar-refractivity contribution >= 4 is 34.8 Å². The molecule has 1 N–H and O–H groups in total. The Morgan fingerprint density at radius 2 is 1.76 bits per heavy atom. The van der Waals surface area contributed by atoms with Crippen LogP contribution in [0.2, 0.25) is 15.1 Å².